The summed E-state index contributed by atoms with van der Waals surface area (Å²) >= 11 is 0. The summed E-state index contributed by atoms with van der Waals surface area (Å²) in [4.78, 5) is 15.0. The van der Waals surface area contributed by atoms with Crippen LogP contribution in [0.1, 0.15) is 29.2 Å². The number of aromatic hydroxyl groups is 1. The Hall–Kier alpha value is -3.07. The minimum absolute atomic E-state index is 0.150. The molecule has 6 heteroatoms. The van der Waals surface area contributed by atoms with Crippen molar-refractivity contribution in [3.63, 3.8) is 0 Å². The molecule has 0 aliphatic heterocycles. The summed E-state index contributed by atoms with van der Waals surface area (Å²) in [7, 11) is 0. The van der Waals surface area contributed by atoms with E-state index in [9.17, 15) is 9.90 Å². The molecule has 0 radical (unpaired) electrons. The monoisotopic (exact) mass is 294 g/mol. The Morgan fingerprint density at radius 2 is 2.09 bits per heavy atom. The van der Waals surface area contributed by atoms with Gasteiger partial charge in [0.05, 0.1) is 23.4 Å². The van der Waals surface area contributed by atoms with E-state index in [2.05, 4.69) is 10.1 Å². The average Bonchev–Trinajstić information content (AvgIpc) is 2.95. The first kappa shape index (κ1) is 13.9. The molecule has 0 bridgehead atoms. The molecule has 3 rings (SSSR count). The first-order chi connectivity index (χ1) is 10.6. The molecule has 0 fully saturated rings. The van der Waals surface area contributed by atoms with Crippen molar-refractivity contribution in [3.05, 3.63) is 63.1 Å². The van der Waals surface area contributed by atoms with E-state index in [1.54, 1.807) is 30.5 Å². The summed E-state index contributed by atoms with van der Waals surface area (Å²) in [5.74, 6) is -0.150. The van der Waals surface area contributed by atoms with Crippen molar-refractivity contribution in [2.24, 2.45) is 0 Å². The van der Waals surface area contributed by atoms with Crippen LogP contribution >= 0.6 is 0 Å². The number of aromatic nitrogens is 3. The summed E-state index contributed by atoms with van der Waals surface area (Å²) in [6, 6.07) is 8.94. The van der Waals surface area contributed by atoms with Gasteiger partial charge in [0.1, 0.15) is 5.65 Å². The minimum atomic E-state index is -0.329. The zero-order valence-corrected chi connectivity index (χ0v) is 12.0. The van der Waals surface area contributed by atoms with Gasteiger partial charge in [-0.1, -0.05) is 19.1 Å². The Morgan fingerprint density at radius 3 is 2.73 bits per heavy atom. The van der Waals surface area contributed by atoms with E-state index in [4.69, 9.17) is 5.26 Å². The molecule has 0 spiro atoms. The third-order valence-electron chi connectivity index (χ3n) is 3.67. The lowest BCUT2D eigenvalue weighted by atomic mass is 10.1. The normalized spacial score (nSPS) is 10.7. The van der Waals surface area contributed by atoms with Crippen molar-refractivity contribution >= 4 is 5.65 Å². The van der Waals surface area contributed by atoms with Gasteiger partial charge in [-0.05, 0) is 24.1 Å². The molecular weight excluding hydrogens is 280 g/mol. The Morgan fingerprint density at radius 1 is 1.36 bits per heavy atom. The first-order valence-electron chi connectivity index (χ1n) is 6.93. The number of nitrogens with zero attached hydrogens (tertiary/aromatic N) is 3. The van der Waals surface area contributed by atoms with Gasteiger partial charge in [-0.15, -0.1) is 0 Å². The largest absolute Gasteiger partial charge is 0.493 e. The first-order valence-corrected chi connectivity index (χ1v) is 6.93. The highest BCUT2D eigenvalue weighted by atomic mass is 16.3. The van der Waals surface area contributed by atoms with Crippen LogP contribution in [0.25, 0.3) is 5.65 Å². The zero-order valence-electron chi connectivity index (χ0n) is 12.0. The molecule has 0 saturated carbocycles. The molecule has 2 N–H and O–H groups in total. The summed E-state index contributed by atoms with van der Waals surface area (Å²) in [5, 5.41) is 23.2. The molecule has 0 aliphatic carbocycles. The molecule has 0 amide bonds. The number of nitrogens with one attached hydrogen (secondary N) is 1. The number of hydrogen-bond acceptors (Lipinski definition) is 4. The van der Waals surface area contributed by atoms with Crippen LogP contribution in [-0.4, -0.2) is 19.7 Å². The van der Waals surface area contributed by atoms with Crippen molar-refractivity contribution in [3.8, 4) is 11.9 Å². The van der Waals surface area contributed by atoms with Crippen LogP contribution in [0.5, 0.6) is 5.88 Å². The Kier molecular flexibility index (Phi) is 3.39. The highest BCUT2D eigenvalue weighted by Crippen LogP contribution is 2.19. The predicted octanol–water partition coefficient (Wildman–Crippen LogP) is 1.75. The van der Waals surface area contributed by atoms with Gasteiger partial charge < -0.3 is 10.1 Å². The van der Waals surface area contributed by atoms with E-state index in [1.165, 1.54) is 4.52 Å². The summed E-state index contributed by atoms with van der Waals surface area (Å²) in [6.07, 6.45) is 2.62. The van der Waals surface area contributed by atoms with Crippen LogP contribution in [0.4, 0.5) is 0 Å². The molecule has 2 aromatic heterocycles. The van der Waals surface area contributed by atoms with Crippen LogP contribution in [0.15, 0.2) is 35.3 Å². The number of aryl methyl sites for hydroxylation is 1. The van der Waals surface area contributed by atoms with Gasteiger partial charge >= 0.3 is 0 Å². The fraction of sp³-hybridized carbons (Fsp3) is 0.188. The molecule has 1 aromatic carbocycles. The van der Waals surface area contributed by atoms with Crippen molar-refractivity contribution < 1.29 is 5.11 Å². The van der Waals surface area contributed by atoms with E-state index < -0.39 is 0 Å². The smallest absolute Gasteiger partial charge is 0.258 e. The molecule has 0 saturated heterocycles. The number of hydrogen-bond donors (Lipinski definition) is 2. The van der Waals surface area contributed by atoms with Crippen molar-refractivity contribution in [2.45, 2.75) is 19.8 Å². The van der Waals surface area contributed by atoms with Crippen LogP contribution in [0.2, 0.25) is 0 Å². The molecule has 3 aromatic rings. The maximum Gasteiger partial charge on any atom is 0.258 e. The summed E-state index contributed by atoms with van der Waals surface area (Å²) in [6.45, 7) is 1.96. The Bertz CT molecular complexity index is 930. The molecule has 110 valence electrons. The number of H-pyrrole nitrogens is 1. The maximum absolute atomic E-state index is 12.2. The maximum atomic E-state index is 12.2. The van der Waals surface area contributed by atoms with Gasteiger partial charge in [0, 0.05) is 12.0 Å². The summed E-state index contributed by atoms with van der Waals surface area (Å²) < 4.78 is 1.35. The molecule has 22 heavy (non-hydrogen) atoms. The second kappa shape index (κ2) is 5.37. The standard InChI is InChI=1S/C16H14N4O2/c1-2-12-9-18-20-14(12)19-15(21)13(16(20)22)7-10-3-5-11(8-17)6-4-10/h3-6,9,22H,2,7H2,1H3,(H,19,21). The third-order valence-corrected chi connectivity index (χ3v) is 3.67. The zero-order chi connectivity index (χ0) is 15.7. The number of fused-ring (bicyclic) bond motifs is 1. The topological polar surface area (TPSA) is 94.2 Å². The molecule has 2 heterocycles. The minimum Gasteiger partial charge on any atom is -0.493 e. The highest BCUT2D eigenvalue weighted by Gasteiger charge is 2.15. The lowest BCUT2D eigenvalue weighted by molar-refractivity contribution is 0.427. The Labute approximate surface area is 126 Å². The quantitative estimate of drug-likeness (QED) is 0.769. The van der Waals surface area contributed by atoms with Gasteiger partial charge in [-0.2, -0.15) is 14.9 Å². The molecule has 0 atom stereocenters. The van der Waals surface area contributed by atoms with Crippen LogP contribution in [-0.2, 0) is 12.8 Å². The van der Waals surface area contributed by atoms with Gasteiger partial charge in [0.2, 0.25) is 5.88 Å². The average molecular weight is 294 g/mol. The lowest BCUT2D eigenvalue weighted by Gasteiger charge is -2.06. The van der Waals surface area contributed by atoms with E-state index >= 15 is 0 Å². The second-order valence-electron chi connectivity index (χ2n) is 5.03. The van der Waals surface area contributed by atoms with Crippen molar-refractivity contribution in [1.82, 2.24) is 14.6 Å². The van der Waals surface area contributed by atoms with Gasteiger partial charge in [0.25, 0.3) is 5.56 Å². The van der Waals surface area contributed by atoms with Crippen LogP contribution in [0, 0.1) is 11.3 Å². The number of benzene rings is 1. The van der Waals surface area contributed by atoms with Crippen LogP contribution in [0.3, 0.4) is 0 Å². The van der Waals surface area contributed by atoms with E-state index in [-0.39, 0.29) is 23.4 Å². The third kappa shape index (κ3) is 2.23. The molecular formula is C16H14N4O2. The van der Waals surface area contributed by atoms with Gasteiger partial charge in [-0.3, -0.25) is 4.79 Å². The molecule has 6 nitrogen and oxygen atoms in total. The van der Waals surface area contributed by atoms with Gasteiger partial charge in [0.15, 0.2) is 0 Å². The number of aromatic amines is 1. The fourth-order valence-electron chi connectivity index (χ4n) is 2.41. The van der Waals surface area contributed by atoms with E-state index in [0.717, 1.165) is 11.1 Å². The molecule has 0 unspecified atom stereocenters. The van der Waals surface area contributed by atoms with Crippen molar-refractivity contribution in [1.29, 1.82) is 5.26 Å². The number of rotatable bonds is 3. The van der Waals surface area contributed by atoms with E-state index in [0.29, 0.717) is 17.6 Å². The highest BCUT2D eigenvalue weighted by molar-refractivity contribution is 5.50. The SMILES string of the molecule is CCc1cnn2c(O)c(Cc3ccc(C#N)cc3)c(=O)[nH]c12. The molecule has 0 aliphatic rings. The second-order valence-corrected chi connectivity index (χ2v) is 5.03. The summed E-state index contributed by atoms with van der Waals surface area (Å²) in [5.41, 5.74) is 2.71. The lowest BCUT2D eigenvalue weighted by Crippen LogP contribution is -2.16. The predicted molar refractivity (Wildman–Crippen MR) is 80.8 cm³/mol. The fourth-order valence-corrected chi connectivity index (χ4v) is 2.41. The van der Waals surface area contributed by atoms with Crippen LogP contribution < -0.4 is 5.56 Å². The van der Waals surface area contributed by atoms with E-state index in [1.807, 2.05) is 13.0 Å². The van der Waals surface area contributed by atoms with Gasteiger partial charge in [-0.25, -0.2) is 0 Å². The van der Waals surface area contributed by atoms with Crippen molar-refractivity contribution in [2.75, 3.05) is 0 Å². The Balaban J connectivity index is 2.07. The number of nitriles is 1.